The van der Waals surface area contributed by atoms with Gasteiger partial charge in [-0.25, -0.2) is 0 Å². The summed E-state index contributed by atoms with van der Waals surface area (Å²) in [4.78, 5) is 25.1. The number of aldehydes is 1. The van der Waals surface area contributed by atoms with Crippen LogP contribution in [0.1, 0.15) is 44.4 Å². The van der Waals surface area contributed by atoms with E-state index in [-0.39, 0.29) is 18.0 Å². The van der Waals surface area contributed by atoms with E-state index in [1.807, 2.05) is 20.8 Å². The summed E-state index contributed by atoms with van der Waals surface area (Å²) in [6, 6.07) is 4.08. The Morgan fingerprint density at radius 3 is 2.44 bits per heavy atom. The average molecular weight is 359 g/mol. The number of rotatable bonds is 8. The van der Waals surface area contributed by atoms with E-state index < -0.39 is 29.7 Å². The second kappa shape index (κ2) is 8.99. The molecule has 0 heterocycles. The van der Waals surface area contributed by atoms with E-state index in [9.17, 15) is 27.9 Å². The Morgan fingerprint density at radius 1 is 1.32 bits per heavy atom. The molecule has 2 unspecified atom stereocenters. The highest BCUT2D eigenvalue weighted by atomic mass is 19.4. The zero-order chi connectivity index (χ0) is 19.2. The minimum atomic E-state index is -4.55. The number of nitrogens with zero attached hydrogens (tertiary/aromatic N) is 1. The number of aliphatic hydroxyl groups is 1. The maximum absolute atomic E-state index is 12.8. The van der Waals surface area contributed by atoms with Crippen molar-refractivity contribution in [2.75, 3.05) is 13.1 Å². The lowest BCUT2D eigenvalue weighted by molar-refractivity contribution is -0.142. The second-order valence-corrected chi connectivity index (χ2v) is 6.35. The molecule has 1 amide bonds. The molecule has 4 nitrogen and oxygen atoms in total. The monoisotopic (exact) mass is 359 g/mol. The molecule has 0 saturated carbocycles. The summed E-state index contributed by atoms with van der Waals surface area (Å²) < 4.78 is 38.4. The smallest absolute Gasteiger partial charge is 0.378 e. The fourth-order valence-electron chi connectivity index (χ4n) is 2.43. The third-order valence-electron chi connectivity index (χ3n) is 4.03. The Hall–Kier alpha value is -1.89. The highest BCUT2D eigenvalue weighted by Crippen LogP contribution is 2.31. The van der Waals surface area contributed by atoms with Crippen LogP contribution < -0.4 is 0 Å². The lowest BCUT2D eigenvalue weighted by Gasteiger charge is -2.28. The molecule has 0 spiro atoms. The van der Waals surface area contributed by atoms with Crippen LogP contribution in [0.4, 0.5) is 13.2 Å². The molecule has 2 atom stereocenters. The first-order valence-electron chi connectivity index (χ1n) is 8.21. The summed E-state index contributed by atoms with van der Waals surface area (Å²) in [6.07, 6.45) is -4.89. The number of hydrogen-bond acceptors (Lipinski definition) is 3. The van der Waals surface area contributed by atoms with Crippen LogP contribution in [0.25, 0.3) is 0 Å². The molecular formula is C18H24F3NO3. The summed E-state index contributed by atoms with van der Waals surface area (Å²) in [5.41, 5.74) is -1.04. The number of halogens is 3. The number of carbonyl (C=O) groups excluding carboxylic acids is 2. The topological polar surface area (TPSA) is 57.6 Å². The summed E-state index contributed by atoms with van der Waals surface area (Å²) in [7, 11) is 0. The van der Waals surface area contributed by atoms with Gasteiger partial charge in [0, 0.05) is 19.0 Å². The van der Waals surface area contributed by atoms with Gasteiger partial charge in [-0.15, -0.1) is 0 Å². The van der Waals surface area contributed by atoms with Crippen LogP contribution in [0.15, 0.2) is 24.3 Å². The average Bonchev–Trinajstić information content (AvgIpc) is 2.56. The quantitative estimate of drug-likeness (QED) is 0.724. The summed E-state index contributed by atoms with van der Waals surface area (Å²) >= 11 is 0. The lowest BCUT2D eigenvalue weighted by atomic mass is 9.96. The van der Waals surface area contributed by atoms with Gasteiger partial charge in [0.1, 0.15) is 6.29 Å². The molecule has 1 rings (SSSR count). The SMILES string of the molecule is CCCN(CC(C=O)C(C)C)C(=O)C(O)c1cccc(C(F)(F)F)c1. The van der Waals surface area contributed by atoms with Crippen molar-refractivity contribution in [3.05, 3.63) is 35.4 Å². The van der Waals surface area contributed by atoms with E-state index >= 15 is 0 Å². The number of aliphatic hydroxyl groups excluding tert-OH is 1. The number of benzene rings is 1. The van der Waals surface area contributed by atoms with E-state index in [1.165, 1.54) is 11.0 Å². The molecule has 0 radical (unpaired) electrons. The minimum absolute atomic E-state index is 0.00959. The first-order chi connectivity index (χ1) is 11.6. The molecular weight excluding hydrogens is 335 g/mol. The van der Waals surface area contributed by atoms with Gasteiger partial charge in [-0.2, -0.15) is 13.2 Å². The van der Waals surface area contributed by atoms with Crippen LogP contribution in [0.3, 0.4) is 0 Å². The predicted octanol–water partition coefficient (Wildman–Crippen LogP) is 3.45. The van der Waals surface area contributed by atoms with Crippen molar-refractivity contribution in [1.82, 2.24) is 4.90 Å². The molecule has 1 aromatic carbocycles. The molecule has 0 aliphatic rings. The Labute approximate surface area is 145 Å². The van der Waals surface area contributed by atoms with Crippen LogP contribution in [0, 0.1) is 11.8 Å². The van der Waals surface area contributed by atoms with Gasteiger partial charge in [0.15, 0.2) is 6.10 Å². The first kappa shape index (κ1) is 21.2. The molecule has 0 aliphatic carbocycles. The molecule has 0 bridgehead atoms. The Morgan fingerprint density at radius 2 is 1.96 bits per heavy atom. The third kappa shape index (κ3) is 5.85. The van der Waals surface area contributed by atoms with Gasteiger partial charge in [0.25, 0.3) is 5.91 Å². The maximum Gasteiger partial charge on any atom is 0.416 e. The predicted molar refractivity (Wildman–Crippen MR) is 87.7 cm³/mol. The molecule has 0 fully saturated rings. The minimum Gasteiger partial charge on any atom is -0.378 e. The highest BCUT2D eigenvalue weighted by Gasteiger charge is 2.32. The van der Waals surface area contributed by atoms with Crippen molar-refractivity contribution in [1.29, 1.82) is 0 Å². The molecule has 0 aromatic heterocycles. The van der Waals surface area contributed by atoms with Crippen molar-refractivity contribution >= 4 is 12.2 Å². The fourth-order valence-corrected chi connectivity index (χ4v) is 2.43. The normalized spacial score (nSPS) is 14.2. The van der Waals surface area contributed by atoms with Crippen molar-refractivity contribution in [2.24, 2.45) is 11.8 Å². The largest absolute Gasteiger partial charge is 0.416 e. The van der Waals surface area contributed by atoms with Crippen molar-refractivity contribution in [3.8, 4) is 0 Å². The Bertz CT molecular complexity index is 587. The molecule has 1 N–H and O–H groups in total. The van der Waals surface area contributed by atoms with Gasteiger partial charge >= 0.3 is 6.18 Å². The zero-order valence-corrected chi connectivity index (χ0v) is 14.6. The second-order valence-electron chi connectivity index (χ2n) is 6.35. The first-order valence-corrected chi connectivity index (χ1v) is 8.21. The van der Waals surface area contributed by atoms with Gasteiger partial charge in [-0.05, 0) is 30.0 Å². The molecule has 140 valence electrons. The van der Waals surface area contributed by atoms with E-state index in [4.69, 9.17) is 0 Å². The van der Waals surface area contributed by atoms with E-state index in [2.05, 4.69) is 0 Å². The third-order valence-corrected chi connectivity index (χ3v) is 4.03. The van der Waals surface area contributed by atoms with Gasteiger partial charge in [0.2, 0.25) is 0 Å². The molecule has 0 aliphatic heterocycles. The Kier molecular flexibility index (Phi) is 7.60. The fraction of sp³-hybridized carbons (Fsp3) is 0.556. The number of hydrogen-bond donors (Lipinski definition) is 1. The van der Waals surface area contributed by atoms with Crippen LogP contribution in [-0.4, -0.2) is 35.3 Å². The lowest BCUT2D eigenvalue weighted by Crippen LogP contribution is -2.40. The van der Waals surface area contributed by atoms with Crippen molar-refractivity contribution in [3.63, 3.8) is 0 Å². The van der Waals surface area contributed by atoms with E-state index in [0.29, 0.717) is 13.0 Å². The summed E-state index contributed by atoms with van der Waals surface area (Å²) in [5.74, 6) is -1.09. The summed E-state index contributed by atoms with van der Waals surface area (Å²) in [5, 5.41) is 10.3. The molecule has 7 heteroatoms. The molecule has 1 aromatic rings. The standard InChI is InChI=1S/C18H24F3NO3/c1-4-8-22(10-14(11-23)12(2)3)17(25)16(24)13-6-5-7-15(9-13)18(19,20)21/h5-7,9,11-12,14,16,24H,4,8,10H2,1-3H3. The molecule has 0 saturated heterocycles. The van der Waals surface area contributed by atoms with Crippen molar-refractivity contribution < 1.29 is 27.9 Å². The van der Waals surface area contributed by atoms with Crippen LogP contribution in [0.2, 0.25) is 0 Å². The Balaban J connectivity index is 3.02. The van der Waals surface area contributed by atoms with Gasteiger partial charge in [0.05, 0.1) is 5.56 Å². The van der Waals surface area contributed by atoms with Gasteiger partial charge in [-0.1, -0.05) is 32.9 Å². The van der Waals surface area contributed by atoms with Crippen LogP contribution in [-0.2, 0) is 15.8 Å². The van der Waals surface area contributed by atoms with Gasteiger partial charge < -0.3 is 14.8 Å². The number of alkyl halides is 3. The highest BCUT2D eigenvalue weighted by molar-refractivity contribution is 5.82. The van der Waals surface area contributed by atoms with E-state index in [0.717, 1.165) is 24.5 Å². The van der Waals surface area contributed by atoms with Crippen LogP contribution in [0.5, 0.6) is 0 Å². The maximum atomic E-state index is 12.8. The molecule has 25 heavy (non-hydrogen) atoms. The number of carbonyl (C=O) groups is 2. The van der Waals surface area contributed by atoms with Crippen LogP contribution >= 0.6 is 0 Å². The van der Waals surface area contributed by atoms with E-state index in [1.54, 1.807) is 0 Å². The number of amides is 1. The van der Waals surface area contributed by atoms with Crippen molar-refractivity contribution in [2.45, 2.75) is 39.5 Å². The zero-order valence-electron chi connectivity index (χ0n) is 14.6. The van der Waals surface area contributed by atoms with Gasteiger partial charge in [-0.3, -0.25) is 4.79 Å². The summed E-state index contributed by atoms with van der Waals surface area (Å²) in [6.45, 7) is 5.96.